The van der Waals surface area contributed by atoms with Crippen LogP contribution >= 0.6 is 0 Å². The van der Waals surface area contributed by atoms with Gasteiger partial charge in [-0.25, -0.2) is 15.0 Å². The second kappa shape index (κ2) is 8.36. The van der Waals surface area contributed by atoms with E-state index in [1.54, 1.807) is 7.05 Å². The Morgan fingerprint density at radius 3 is 3.00 bits per heavy atom. The number of aromatic nitrogens is 4. The number of carbonyl (C=O) groups is 1. The lowest BCUT2D eigenvalue weighted by molar-refractivity contribution is -0.122. The molecule has 2 atom stereocenters. The molecule has 0 aromatic carbocycles. The first-order valence-corrected chi connectivity index (χ1v) is 7.19. The molecule has 1 saturated heterocycles. The van der Waals surface area contributed by atoms with Crippen molar-refractivity contribution < 1.29 is 14.6 Å². The van der Waals surface area contributed by atoms with Gasteiger partial charge in [0.1, 0.15) is 11.8 Å². The summed E-state index contributed by atoms with van der Waals surface area (Å²) < 4.78 is 5.09. The van der Waals surface area contributed by atoms with Crippen LogP contribution in [0.3, 0.4) is 0 Å². The van der Waals surface area contributed by atoms with E-state index in [4.69, 9.17) is 10.5 Å². The topological polar surface area (TPSA) is 151 Å². The minimum absolute atomic E-state index is 0.0513. The van der Waals surface area contributed by atoms with Crippen LogP contribution < -0.4 is 16.4 Å². The van der Waals surface area contributed by atoms with Crippen molar-refractivity contribution in [2.24, 2.45) is 0 Å². The molecule has 2 aromatic rings. The molecule has 3 rings (SSSR count). The van der Waals surface area contributed by atoms with E-state index in [-0.39, 0.29) is 11.9 Å². The number of amides is 1. The molecule has 1 amide bonds. The highest BCUT2D eigenvalue weighted by Gasteiger charge is 2.21. The lowest BCUT2D eigenvalue weighted by Crippen LogP contribution is -2.47. The minimum atomic E-state index is -0.450. The van der Waals surface area contributed by atoms with Crippen LogP contribution in [0.25, 0.3) is 11.2 Å². The van der Waals surface area contributed by atoms with Gasteiger partial charge in [0.2, 0.25) is 5.91 Å². The number of hydrogen-bond donors (Lipinski definition) is 5. The first-order valence-electron chi connectivity index (χ1n) is 7.19. The molecule has 126 valence electrons. The molecule has 2 unspecified atom stereocenters. The molecule has 0 spiro atoms. The van der Waals surface area contributed by atoms with E-state index in [0.717, 1.165) is 0 Å². The van der Waals surface area contributed by atoms with Gasteiger partial charge in [0.25, 0.3) is 0 Å². The first kappa shape index (κ1) is 17.1. The molecule has 0 radical (unpaired) electrons. The Hall–Kier alpha value is -2.30. The molecule has 3 heterocycles. The van der Waals surface area contributed by atoms with Crippen molar-refractivity contribution in [2.75, 3.05) is 32.5 Å². The number of fused-ring (bicyclic) bond motifs is 1. The SMILES string of the molecule is CNCC(=O)NC1COCC(O)C1.Nc1ncnc2nc[nH]c12. The van der Waals surface area contributed by atoms with Crippen molar-refractivity contribution in [2.45, 2.75) is 18.6 Å². The minimum Gasteiger partial charge on any atom is -0.391 e. The van der Waals surface area contributed by atoms with E-state index >= 15 is 0 Å². The van der Waals surface area contributed by atoms with E-state index in [2.05, 4.69) is 30.6 Å². The number of aliphatic hydroxyl groups excluding tert-OH is 1. The lowest BCUT2D eigenvalue weighted by atomic mass is 10.1. The van der Waals surface area contributed by atoms with Crippen LogP contribution in [-0.4, -0.2) is 69.9 Å². The summed E-state index contributed by atoms with van der Waals surface area (Å²) in [6, 6.07) is -0.0513. The van der Waals surface area contributed by atoms with E-state index < -0.39 is 6.10 Å². The van der Waals surface area contributed by atoms with Crippen LogP contribution in [-0.2, 0) is 9.53 Å². The Morgan fingerprint density at radius 2 is 2.30 bits per heavy atom. The molecule has 2 aromatic heterocycles. The predicted octanol–water partition coefficient (Wildman–Crippen LogP) is -1.59. The van der Waals surface area contributed by atoms with Crippen molar-refractivity contribution >= 4 is 22.9 Å². The number of nitrogens with one attached hydrogen (secondary N) is 3. The van der Waals surface area contributed by atoms with Gasteiger partial charge in [-0.15, -0.1) is 0 Å². The van der Waals surface area contributed by atoms with Crippen LogP contribution in [0.2, 0.25) is 0 Å². The van der Waals surface area contributed by atoms with Crippen LogP contribution in [0.15, 0.2) is 12.7 Å². The fourth-order valence-electron chi connectivity index (χ4n) is 2.13. The number of nitrogens with zero attached hydrogens (tertiary/aromatic N) is 3. The van der Waals surface area contributed by atoms with Crippen LogP contribution in [0.1, 0.15) is 6.42 Å². The van der Waals surface area contributed by atoms with E-state index in [1.807, 2.05) is 0 Å². The summed E-state index contributed by atoms with van der Waals surface area (Å²) in [4.78, 5) is 25.5. The Kier molecular flexibility index (Phi) is 6.20. The maximum atomic E-state index is 11.1. The average Bonchev–Trinajstić information content (AvgIpc) is 2.98. The van der Waals surface area contributed by atoms with Crippen LogP contribution in [0, 0.1) is 0 Å². The number of likely N-dealkylation sites (N-methyl/N-ethyl adjacent to an activating group) is 1. The summed E-state index contributed by atoms with van der Waals surface area (Å²) in [5.41, 5.74) is 6.78. The first-order chi connectivity index (χ1) is 11.1. The number of anilines is 1. The van der Waals surface area contributed by atoms with Gasteiger partial charge in [-0.05, 0) is 13.5 Å². The maximum absolute atomic E-state index is 11.1. The molecule has 10 heteroatoms. The number of imidazole rings is 1. The van der Waals surface area contributed by atoms with Crippen molar-refractivity contribution in [3.05, 3.63) is 12.7 Å². The van der Waals surface area contributed by atoms with Gasteiger partial charge < -0.3 is 31.2 Å². The fourth-order valence-corrected chi connectivity index (χ4v) is 2.13. The largest absolute Gasteiger partial charge is 0.391 e. The number of nitrogen functional groups attached to an aromatic ring is 1. The standard InChI is InChI=1S/C8H16N2O3.C5H5N5/c1-9-3-8(12)10-6-2-7(11)5-13-4-6;6-4-3-5(9-1-7-3)10-2-8-4/h6-7,9,11H,2-5H2,1H3,(H,10,12);1-2H,(H3,6,7,8,9,10). The Balaban J connectivity index is 0.000000172. The van der Waals surface area contributed by atoms with Gasteiger partial charge in [0, 0.05) is 0 Å². The molecular weight excluding hydrogens is 302 g/mol. The number of ether oxygens (including phenoxy) is 1. The molecule has 1 aliphatic heterocycles. The molecule has 0 bridgehead atoms. The number of hydrogen-bond acceptors (Lipinski definition) is 8. The monoisotopic (exact) mass is 323 g/mol. The van der Waals surface area contributed by atoms with Crippen LogP contribution in [0.4, 0.5) is 5.82 Å². The maximum Gasteiger partial charge on any atom is 0.234 e. The zero-order valence-electron chi connectivity index (χ0n) is 12.8. The number of H-pyrrole nitrogens is 1. The van der Waals surface area contributed by atoms with Gasteiger partial charge in [0.15, 0.2) is 11.5 Å². The van der Waals surface area contributed by atoms with Crippen molar-refractivity contribution in [1.29, 1.82) is 0 Å². The van der Waals surface area contributed by atoms with E-state index in [9.17, 15) is 9.90 Å². The summed E-state index contributed by atoms with van der Waals surface area (Å²) in [7, 11) is 1.71. The normalized spacial score (nSPS) is 20.6. The van der Waals surface area contributed by atoms with Gasteiger partial charge in [-0.3, -0.25) is 4.79 Å². The molecule has 10 nitrogen and oxygen atoms in total. The van der Waals surface area contributed by atoms with Gasteiger partial charge in [-0.1, -0.05) is 0 Å². The summed E-state index contributed by atoms with van der Waals surface area (Å²) in [6.07, 6.45) is 3.05. The number of aromatic amines is 1. The quantitative estimate of drug-likeness (QED) is 0.453. The highest BCUT2D eigenvalue weighted by atomic mass is 16.5. The molecule has 1 fully saturated rings. The average molecular weight is 323 g/mol. The summed E-state index contributed by atoms with van der Waals surface area (Å²) in [5.74, 6) is 0.368. The predicted molar refractivity (Wildman–Crippen MR) is 83.4 cm³/mol. The second-order valence-electron chi connectivity index (χ2n) is 5.08. The highest BCUT2D eigenvalue weighted by molar-refractivity contribution is 5.80. The molecular formula is C13H21N7O3. The molecule has 1 aliphatic rings. The van der Waals surface area contributed by atoms with Crippen molar-refractivity contribution in [1.82, 2.24) is 30.6 Å². The van der Waals surface area contributed by atoms with Gasteiger partial charge in [0.05, 0.1) is 38.2 Å². The smallest absolute Gasteiger partial charge is 0.234 e. The number of nitrogens with two attached hydrogens (primary N) is 1. The third kappa shape index (κ3) is 5.13. The zero-order valence-corrected chi connectivity index (χ0v) is 12.8. The number of carbonyl (C=O) groups excluding carboxylic acids is 1. The Morgan fingerprint density at radius 1 is 1.48 bits per heavy atom. The van der Waals surface area contributed by atoms with E-state index in [0.29, 0.717) is 43.2 Å². The number of aliphatic hydroxyl groups is 1. The van der Waals surface area contributed by atoms with Gasteiger partial charge >= 0.3 is 0 Å². The highest BCUT2D eigenvalue weighted by Crippen LogP contribution is 2.09. The lowest BCUT2D eigenvalue weighted by Gasteiger charge is -2.26. The molecule has 0 saturated carbocycles. The Labute approximate surface area is 132 Å². The summed E-state index contributed by atoms with van der Waals surface area (Å²) in [6.45, 7) is 1.16. The summed E-state index contributed by atoms with van der Waals surface area (Å²) >= 11 is 0. The Bertz CT molecular complexity index is 633. The van der Waals surface area contributed by atoms with Crippen molar-refractivity contribution in [3.63, 3.8) is 0 Å². The third-order valence-electron chi connectivity index (χ3n) is 3.14. The fraction of sp³-hybridized carbons (Fsp3) is 0.538. The van der Waals surface area contributed by atoms with Crippen molar-refractivity contribution in [3.8, 4) is 0 Å². The molecule has 0 aliphatic carbocycles. The van der Waals surface area contributed by atoms with E-state index in [1.165, 1.54) is 12.7 Å². The number of rotatable bonds is 3. The molecule has 6 N–H and O–H groups in total. The summed E-state index contributed by atoms with van der Waals surface area (Å²) in [5, 5.41) is 14.7. The van der Waals surface area contributed by atoms with Crippen LogP contribution in [0.5, 0.6) is 0 Å². The third-order valence-corrected chi connectivity index (χ3v) is 3.14. The molecule has 23 heavy (non-hydrogen) atoms. The van der Waals surface area contributed by atoms with Gasteiger partial charge in [-0.2, -0.15) is 0 Å². The second-order valence-corrected chi connectivity index (χ2v) is 5.08. The zero-order chi connectivity index (χ0) is 16.7.